The van der Waals surface area contributed by atoms with Gasteiger partial charge in [0.2, 0.25) is 5.95 Å². The first-order valence-corrected chi connectivity index (χ1v) is 8.48. The minimum absolute atomic E-state index is 0.0191. The van der Waals surface area contributed by atoms with Gasteiger partial charge < -0.3 is 10.8 Å². The Bertz CT molecular complexity index is 452. The number of hydrogen-bond acceptors (Lipinski definition) is 6. The number of aliphatic carboxylic acids is 1. The maximum absolute atomic E-state index is 10.7. The van der Waals surface area contributed by atoms with Gasteiger partial charge in [-0.15, -0.1) is 10.2 Å². The van der Waals surface area contributed by atoms with Crippen molar-refractivity contribution in [2.24, 2.45) is 0 Å². The summed E-state index contributed by atoms with van der Waals surface area (Å²) >= 11 is 3.02. The van der Waals surface area contributed by atoms with Crippen LogP contribution in [0.1, 0.15) is 31.7 Å². The van der Waals surface area contributed by atoms with Gasteiger partial charge in [0.25, 0.3) is 0 Å². The number of aromatic nitrogens is 3. The molecular weight excluding hydrogens is 284 g/mol. The van der Waals surface area contributed by atoms with Crippen LogP contribution in [0.25, 0.3) is 0 Å². The lowest BCUT2D eigenvalue weighted by Crippen LogP contribution is -2.27. The Morgan fingerprint density at radius 1 is 1.47 bits per heavy atom. The Morgan fingerprint density at radius 3 is 2.89 bits per heavy atom. The summed E-state index contributed by atoms with van der Waals surface area (Å²) in [4.78, 5) is 10.7. The largest absolute Gasteiger partial charge is 0.481 e. The molecule has 1 aliphatic carbocycles. The van der Waals surface area contributed by atoms with Crippen LogP contribution in [0.5, 0.6) is 0 Å². The molecule has 0 radical (unpaired) electrons. The number of carbonyl (C=O) groups is 1. The van der Waals surface area contributed by atoms with Crippen molar-refractivity contribution in [2.75, 3.05) is 17.7 Å². The molecule has 0 aromatic carbocycles. The Balaban J connectivity index is 2.21. The van der Waals surface area contributed by atoms with E-state index in [1.807, 2.05) is 16.3 Å². The van der Waals surface area contributed by atoms with Crippen molar-refractivity contribution in [3.8, 4) is 0 Å². The van der Waals surface area contributed by atoms with Crippen molar-refractivity contribution < 1.29 is 9.90 Å². The van der Waals surface area contributed by atoms with Crippen LogP contribution < -0.4 is 5.73 Å². The molecule has 1 aromatic rings. The van der Waals surface area contributed by atoms with Gasteiger partial charge in [0.05, 0.1) is 11.8 Å². The number of nitrogens with zero attached hydrogens (tertiary/aromatic N) is 3. The maximum atomic E-state index is 10.7. The van der Waals surface area contributed by atoms with Crippen LogP contribution in [0.3, 0.4) is 0 Å². The molecule has 2 rings (SSSR count). The van der Waals surface area contributed by atoms with Gasteiger partial charge in [-0.3, -0.25) is 9.36 Å². The van der Waals surface area contributed by atoms with Gasteiger partial charge in [-0.25, -0.2) is 0 Å². The molecule has 1 fully saturated rings. The number of anilines is 1. The Kier molecular flexibility index (Phi) is 4.98. The summed E-state index contributed by atoms with van der Waals surface area (Å²) in [6.07, 6.45) is 6.72. The molecule has 2 unspecified atom stereocenters. The molecule has 0 amide bonds. The summed E-state index contributed by atoms with van der Waals surface area (Å²) in [6.45, 7) is 0. The summed E-state index contributed by atoms with van der Waals surface area (Å²) in [5.41, 5.74) is 5.91. The highest BCUT2D eigenvalue weighted by Gasteiger charge is 2.29. The molecule has 8 heteroatoms. The molecule has 106 valence electrons. The average molecular weight is 302 g/mol. The highest BCUT2D eigenvalue weighted by atomic mass is 32.2. The van der Waals surface area contributed by atoms with Crippen LogP contribution in [-0.4, -0.2) is 43.1 Å². The SMILES string of the molecule is CSC1CCCCC1n1c(N)nnc1SCC(=O)O. The first-order valence-electron chi connectivity index (χ1n) is 6.21. The third-order valence-corrected chi connectivity index (χ3v) is 5.40. The van der Waals surface area contributed by atoms with Crippen molar-refractivity contribution in [3.63, 3.8) is 0 Å². The third-order valence-electron chi connectivity index (χ3n) is 3.32. The van der Waals surface area contributed by atoms with E-state index in [1.54, 1.807) is 0 Å². The zero-order chi connectivity index (χ0) is 13.8. The van der Waals surface area contributed by atoms with Crippen LogP contribution in [0, 0.1) is 0 Å². The number of rotatable bonds is 5. The molecule has 0 saturated heterocycles. The lowest BCUT2D eigenvalue weighted by atomic mass is 9.95. The normalized spacial score (nSPS) is 23.4. The van der Waals surface area contributed by atoms with Crippen molar-refractivity contribution in [1.82, 2.24) is 14.8 Å². The standard InChI is InChI=1S/C11H18N4O2S2/c1-18-8-5-3-2-4-7(8)15-10(12)13-14-11(15)19-6-9(16)17/h7-8H,2-6H2,1H3,(H2,12,13)(H,16,17). The molecule has 1 aromatic heterocycles. The van der Waals surface area contributed by atoms with Gasteiger partial charge in [-0.05, 0) is 19.1 Å². The smallest absolute Gasteiger partial charge is 0.313 e. The quantitative estimate of drug-likeness (QED) is 0.802. The second-order valence-corrected chi connectivity index (χ2v) is 6.54. The van der Waals surface area contributed by atoms with E-state index in [9.17, 15) is 4.79 Å². The highest BCUT2D eigenvalue weighted by molar-refractivity contribution is 7.99. The molecule has 0 spiro atoms. The molecule has 2 atom stereocenters. The second kappa shape index (κ2) is 6.51. The second-order valence-electron chi connectivity index (χ2n) is 4.52. The Morgan fingerprint density at radius 2 is 2.21 bits per heavy atom. The molecule has 1 aliphatic rings. The average Bonchev–Trinajstić information content (AvgIpc) is 2.77. The van der Waals surface area contributed by atoms with Crippen LogP contribution in [0.2, 0.25) is 0 Å². The number of carboxylic acid groups (broad SMARTS) is 1. The lowest BCUT2D eigenvalue weighted by Gasteiger charge is -2.32. The Labute approximate surface area is 120 Å². The van der Waals surface area contributed by atoms with Crippen molar-refractivity contribution >= 4 is 35.4 Å². The van der Waals surface area contributed by atoms with Crippen LogP contribution in [0.15, 0.2) is 5.16 Å². The molecule has 3 N–H and O–H groups in total. The molecule has 1 heterocycles. The van der Waals surface area contributed by atoms with E-state index in [2.05, 4.69) is 16.5 Å². The van der Waals surface area contributed by atoms with Crippen LogP contribution >= 0.6 is 23.5 Å². The van der Waals surface area contributed by atoms with Gasteiger partial charge in [-0.1, -0.05) is 24.6 Å². The highest BCUT2D eigenvalue weighted by Crippen LogP contribution is 2.38. The number of thioether (sulfide) groups is 2. The van der Waals surface area contributed by atoms with Crippen molar-refractivity contribution in [1.29, 1.82) is 0 Å². The molecule has 0 bridgehead atoms. The zero-order valence-electron chi connectivity index (χ0n) is 10.8. The lowest BCUT2D eigenvalue weighted by molar-refractivity contribution is -0.133. The first kappa shape index (κ1) is 14.5. The fraction of sp³-hybridized carbons (Fsp3) is 0.727. The minimum Gasteiger partial charge on any atom is -0.481 e. The summed E-state index contributed by atoms with van der Waals surface area (Å²) < 4.78 is 1.92. The monoisotopic (exact) mass is 302 g/mol. The number of nitrogens with two attached hydrogens (primary N) is 1. The molecule has 6 nitrogen and oxygen atoms in total. The Hall–Kier alpha value is -0.890. The van der Waals surface area contributed by atoms with E-state index in [4.69, 9.17) is 10.8 Å². The predicted molar refractivity (Wildman–Crippen MR) is 77.6 cm³/mol. The van der Waals surface area contributed by atoms with Gasteiger partial charge in [-0.2, -0.15) is 11.8 Å². The summed E-state index contributed by atoms with van der Waals surface area (Å²) in [6, 6.07) is 0.273. The van der Waals surface area contributed by atoms with Gasteiger partial charge in [0.1, 0.15) is 0 Å². The van der Waals surface area contributed by atoms with E-state index >= 15 is 0 Å². The van der Waals surface area contributed by atoms with E-state index < -0.39 is 5.97 Å². The topological polar surface area (TPSA) is 94.0 Å². The van der Waals surface area contributed by atoms with Gasteiger partial charge >= 0.3 is 5.97 Å². The number of nitrogen functional groups attached to an aromatic ring is 1. The van der Waals surface area contributed by atoms with E-state index in [-0.39, 0.29) is 11.8 Å². The van der Waals surface area contributed by atoms with E-state index in [0.29, 0.717) is 16.4 Å². The van der Waals surface area contributed by atoms with E-state index in [1.165, 1.54) is 24.6 Å². The molecule has 0 aliphatic heterocycles. The first-order chi connectivity index (χ1) is 9.13. The summed E-state index contributed by atoms with van der Waals surface area (Å²) in [5, 5.41) is 17.8. The summed E-state index contributed by atoms with van der Waals surface area (Å²) in [7, 11) is 0. The van der Waals surface area contributed by atoms with Crippen molar-refractivity contribution in [2.45, 2.75) is 42.1 Å². The van der Waals surface area contributed by atoms with Gasteiger partial charge in [0.15, 0.2) is 5.16 Å². The van der Waals surface area contributed by atoms with Crippen LogP contribution in [-0.2, 0) is 4.79 Å². The minimum atomic E-state index is -0.858. The number of carboxylic acids is 1. The molecule has 19 heavy (non-hydrogen) atoms. The van der Waals surface area contributed by atoms with Crippen molar-refractivity contribution in [3.05, 3.63) is 0 Å². The zero-order valence-corrected chi connectivity index (χ0v) is 12.4. The fourth-order valence-corrected chi connectivity index (χ4v) is 4.17. The summed E-state index contributed by atoms with van der Waals surface area (Å²) in [5.74, 6) is -0.489. The molecule has 1 saturated carbocycles. The number of hydrogen-bond donors (Lipinski definition) is 2. The van der Waals surface area contributed by atoms with E-state index in [0.717, 1.165) is 12.8 Å². The van der Waals surface area contributed by atoms with Gasteiger partial charge in [0, 0.05) is 5.25 Å². The molecular formula is C11H18N4O2S2. The predicted octanol–water partition coefficient (Wildman–Crippen LogP) is 1.88. The van der Waals surface area contributed by atoms with Crippen LogP contribution in [0.4, 0.5) is 5.95 Å². The third kappa shape index (κ3) is 3.36. The maximum Gasteiger partial charge on any atom is 0.313 e. The fourth-order valence-electron chi connectivity index (χ4n) is 2.47.